The van der Waals surface area contributed by atoms with Crippen LogP contribution in [0.25, 0.3) is 10.9 Å². The molecule has 5 nitrogen and oxygen atoms in total. The van der Waals surface area contributed by atoms with Crippen molar-refractivity contribution >= 4 is 26.6 Å². The second-order valence-electron chi connectivity index (χ2n) is 6.24. The second kappa shape index (κ2) is 6.90. The minimum absolute atomic E-state index is 0.172. The number of rotatable bonds is 5. The molecule has 3 aromatic rings. The van der Waals surface area contributed by atoms with Crippen LogP contribution in [0.5, 0.6) is 0 Å². The highest BCUT2D eigenvalue weighted by atomic mass is 32.2. The Hall–Kier alpha value is -2.52. The van der Waals surface area contributed by atoms with Crippen LogP contribution < -0.4 is 10.5 Å². The minimum Gasteiger partial charge on any atom is -0.385 e. The van der Waals surface area contributed by atoms with Gasteiger partial charge in [0.1, 0.15) is 0 Å². The Morgan fingerprint density at radius 2 is 1.93 bits per heavy atom. The predicted molar refractivity (Wildman–Crippen MR) is 98.0 cm³/mol. The fraction of sp³-hybridized carbons (Fsp3) is 0.222. The first-order valence-electron chi connectivity index (χ1n) is 8.11. The van der Waals surface area contributed by atoms with E-state index in [2.05, 4.69) is 10.3 Å². The fourth-order valence-corrected chi connectivity index (χ4v) is 3.76. The SMILES string of the molecule is Cc1cccc2c(CCNc3ccc(S(N)(=O)=O)c(C(F)(F)F)c3)c[nH]c12. The number of nitrogens with two attached hydrogens (primary N) is 1. The number of hydrogen-bond donors (Lipinski definition) is 3. The normalized spacial score (nSPS) is 12.5. The molecular weight excluding hydrogens is 379 g/mol. The number of sulfonamides is 1. The van der Waals surface area contributed by atoms with Crippen molar-refractivity contribution in [3.63, 3.8) is 0 Å². The molecule has 0 saturated heterocycles. The summed E-state index contributed by atoms with van der Waals surface area (Å²) >= 11 is 0. The topological polar surface area (TPSA) is 88.0 Å². The lowest BCUT2D eigenvalue weighted by molar-refractivity contribution is -0.139. The van der Waals surface area contributed by atoms with Crippen LogP contribution in [-0.4, -0.2) is 19.9 Å². The van der Waals surface area contributed by atoms with Crippen LogP contribution in [0, 0.1) is 6.92 Å². The zero-order valence-electron chi connectivity index (χ0n) is 14.4. The Kier molecular flexibility index (Phi) is 4.92. The zero-order chi connectivity index (χ0) is 19.8. The van der Waals surface area contributed by atoms with Gasteiger partial charge in [-0.1, -0.05) is 18.2 Å². The van der Waals surface area contributed by atoms with Crippen LogP contribution in [0.4, 0.5) is 18.9 Å². The van der Waals surface area contributed by atoms with E-state index in [1.807, 2.05) is 31.3 Å². The molecule has 0 bridgehead atoms. The van der Waals surface area contributed by atoms with Gasteiger partial charge in [-0.05, 0) is 42.7 Å². The van der Waals surface area contributed by atoms with Crippen molar-refractivity contribution < 1.29 is 21.6 Å². The van der Waals surface area contributed by atoms with E-state index in [1.54, 1.807) is 0 Å². The van der Waals surface area contributed by atoms with Gasteiger partial charge in [0.05, 0.1) is 10.5 Å². The van der Waals surface area contributed by atoms with Gasteiger partial charge in [-0.15, -0.1) is 0 Å². The van der Waals surface area contributed by atoms with Gasteiger partial charge in [0.25, 0.3) is 0 Å². The molecule has 27 heavy (non-hydrogen) atoms. The van der Waals surface area contributed by atoms with E-state index in [1.165, 1.54) is 6.07 Å². The first kappa shape index (κ1) is 19.2. The standard InChI is InChI=1S/C18H18F3N3O2S/c1-11-3-2-4-14-12(10-24-17(11)14)7-8-23-13-5-6-16(27(22,25)26)15(9-13)18(19,20)21/h2-6,9-10,23-24H,7-8H2,1H3,(H2,22,25,26). The zero-order valence-corrected chi connectivity index (χ0v) is 15.2. The molecule has 2 aromatic carbocycles. The van der Waals surface area contributed by atoms with Crippen molar-refractivity contribution in [2.24, 2.45) is 5.14 Å². The number of H-pyrrole nitrogens is 1. The van der Waals surface area contributed by atoms with Crippen LogP contribution in [-0.2, 0) is 22.6 Å². The van der Waals surface area contributed by atoms with Crippen molar-refractivity contribution in [3.8, 4) is 0 Å². The summed E-state index contributed by atoms with van der Waals surface area (Å²) in [6, 6.07) is 8.83. The highest BCUT2D eigenvalue weighted by Crippen LogP contribution is 2.35. The molecule has 1 aromatic heterocycles. The summed E-state index contributed by atoms with van der Waals surface area (Å²) in [4.78, 5) is 2.26. The second-order valence-corrected chi connectivity index (χ2v) is 7.77. The molecule has 0 atom stereocenters. The lowest BCUT2D eigenvalue weighted by Gasteiger charge is -2.14. The molecule has 144 valence electrons. The number of primary sulfonamides is 1. The molecule has 0 fully saturated rings. The molecule has 0 aliphatic rings. The van der Waals surface area contributed by atoms with Gasteiger partial charge in [0.2, 0.25) is 10.0 Å². The highest BCUT2D eigenvalue weighted by molar-refractivity contribution is 7.89. The Morgan fingerprint density at radius 1 is 1.19 bits per heavy atom. The van der Waals surface area contributed by atoms with E-state index < -0.39 is 26.7 Å². The van der Waals surface area contributed by atoms with Crippen molar-refractivity contribution in [1.82, 2.24) is 4.98 Å². The number of halogens is 3. The Balaban J connectivity index is 1.79. The number of aromatic amines is 1. The maximum absolute atomic E-state index is 13.2. The summed E-state index contributed by atoms with van der Waals surface area (Å²) in [6.07, 6.45) is -2.36. The molecule has 0 aliphatic heterocycles. The maximum Gasteiger partial charge on any atom is 0.417 e. The first-order chi connectivity index (χ1) is 12.6. The molecule has 0 amide bonds. The molecule has 9 heteroatoms. The maximum atomic E-state index is 13.2. The van der Waals surface area contributed by atoms with Crippen LogP contribution in [0.15, 0.2) is 47.5 Å². The van der Waals surface area contributed by atoms with E-state index in [0.29, 0.717) is 13.0 Å². The fourth-order valence-electron chi connectivity index (χ4n) is 3.02. The van der Waals surface area contributed by atoms with Crippen molar-refractivity contribution in [3.05, 3.63) is 59.3 Å². The van der Waals surface area contributed by atoms with Crippen LogP contribution in [0.1, 0.15) is 16.7 Å². The van der Waals surface area contributed by atoms with Crippen LogP contribution >= 0.6 is 0 Å². The molecule has 0 unspecified atom stereocenters. The van der Waals surface area contributed by atoms with E-state index >= 15 is 0 Å². The van der Waals surface area contributed by atoms with Crippen molar-refractivity contribution in [2.45, 2.75) is 24.4 Å². The van der Waals surface area contributed by atoms with Gasteiger partial charge in [-0.3, -0.25) is 0 Å². The average Bonchev–Trinajstić information content (AvgIpc) is 2.98. The van der Waals surface area contributed by atoms with Gasteiger partial charge in [-0.2, -0.15) is 13.2 Å². The van der Waals surface area contributed by atoms with Gasteiger partial charge in [0, 0.05) is 29.3 Å². The summed E-state index contributed by atoms with van der Waals surface area (Å²) in [7, 11) is -4.47. The monoisotopic (exact) mass is 397 g/mol. The molecule has 0 aliphatic carbocycles. The number of fused-ring (bicyclic) bond motifs is 1. The minimum atomic E-state index is -4.83. The average molecular weight is 397 g/mol. The molecule has 3 rings (SSSR count). The van der Waals surface area contributed by atoms with Crippen LogP contribution in [0.3, 0.4) is 0 Å². The summed E-state index contributed by atoms with van der Waals surface area (Å²) in [5, 5.41) is 8.85. The Labute approximate surface area is 154 Å². The summed E-state index contributed by atoms with van der Waals surface area (Å²) in [5.74, 6) is 0. The molecule has 0 saturated carbocycles. The summed E-state index contributed by atoms with van der Waals surface area (Å²) in [6.45, 7) is 2.37. The smallest absolute Gasteiger partial charge is 0.385 e. The van der Waals surface area contributed by atoms with E-state index in [4.69, 9.17) is 5.14 Å². The van der Waals surface area contributed by atoms with Crippen molar-refractivity contribution in [2.75, 3.05) is 11.9 Å². The third-order valence-corrected chi connectivity index (χ3v) is 5.29. The van der Waals surface area contributed by atoms with E-state index in [9.17, 15) is 21.6 Å². The summed E-state index contributed by atoms with van der Waals surface area (Å²) < 4.78 is 62.3. The van der Waals surface area contributed by atoms with Gasteiger partial charge >= 0.3 is 6.18 Å². The van der Waals surface area contributed by atoms with Crippen molar-refractivity contribution in [1.29, 1.82) is 0 Å². The molecule has 0 radical (unpaired) electrons. The van der Waals surface area contributed by atoms with Gasteiger partial charge < -0.3 is 10.3 Å². The number of anilines is 1. The highest BCUT2D eigenvalue weighted by Gasteiger charge is 2.36. The quantitative estimate of drug-likeness (QED) is 0.612. The number of hydrogen-bond acceptors (Lipinski definition) is 3. The number of para-hydroxylation sites is 1. The Bertz CT molecular complexity index is 1090. The van der Waals surface area contributed by atoms with Gasteiger partial charge in [0.15, 0.2) is 0 Å². The largest absolute Gasteiger partial charge is 0.417 e. The predicted octanol–water partition coefficient (Wildman–Crippen LogP) is 3.80. The molecular formula is C18H18F3N3O2S. The molecule has 0 spiro atoms. The number of aromatic nitrogens is 1. The number of aryl methyl sites for hydroxylation is 1. The molecule has 4 N–H and O–H groups in total. The van der Waals surface area contributed by atoms with Gasteiger partial charge in [-0.25, -0.2) is 13.6 Å². The third kappa shape index (κ3) is 4.09. The Morgan fingerprint density at radius 3 is 2.59 bits per heavy atom. The molecule has 1 heterocycles. The number of benzene rings is 2. The number of alkyl halides is 3. The van der Waals surface area contributed by atoms with Crippen LogP contribution in [0.2, 0.25) is 0 Å². The lowest BCUT2D eigenvalue weighted by Crippen LogP contribution is -2.19. The number of nitrogens with one attached hydrogen (secondary N) is 2. The van der Waals surface area contributed by atoms with E-state index in [0.717, 1.165) is 34.2 Å². The summed E-state index contributed by atoms with van der Waals surface area (Å²) in [5.41, 5.74) is 2.08. The third-order valence-electron chi connectivity index (χ3n) is 4.32. The first-order valence-corrected chi connectivity index (χ1v) is 9.65. The van der Waals surface area contributed by atoms with E-state index in [-0.39, 0.29) is 5.69 Å². The lowest BCUT2D eigenvalue weighted by atomic mass is 10.1.